The van der Waals surface area contributed by atoms with Gasteiger partial charge < -0.3 is 20.7 Å². The average Bonchev–Trinajstić information content (AvgIpc) is 2.79. The Hall–Kier alpha value is -3.46. The minimum absolute atomic E-state index is 0.121. The number of nitrogens with one attached hydrogen (secondary N) is 2. The van der Waals surface area contributed by atoms with Crippen molar-refractivity contribution >= 4 is 17.6 Å². The number of nitrogens with two attached hydrogens (primary N) is 1. The first-order valence-corrected chi connectivity index (χ1v) is 10.1. The SMILES string of the molecule is COc1ccc(C[C@H](NC(=O)c2ccc(C(=N)N)cn2)C(=O)N2CCC([O])CC2)cc1. The van der Waals surface area contributed by atoms with Crippen molar-refractivity contribution in [3.05, 3.63) is 59.4 Å². The summed E-state index contributed by atoms with van der Waals surface area (Å²) in [5.41, 5.74) is 6.81. The van der Waals surface area contributed by atoms with Gasteiger partial charge in [0, 0.05) is 31.3 Å². The van der Waals surface area contributed by atoms with E-state index in [4.69, 9.17) is 15.9 Å². The molecule has 1 aliphatic rings. The molecule has 1 aromatic carbocycles. The molecule has 2 heterocycles. The summed E-state index contributed by atoms with van der Waals surface area (Å²) in [6.45, 7) is 0.765. The van der Waals surface area contributed by atoms with E-state index in [1.807, 2.05) is 12.1 Å². The van der Waals surface area contributed by atoms with Gasteiger partial charge in [0.2, 0.25) is 5.91 Å². The minimum Gasteiger partial charge on any atom is -0.497 e. The van der Waals surface area contributed by atoms with Crippen molar-refractivity contribution in [2.24, 2.45) is 5.73 Å². The van der Waals surface area contributed by atoms with Gasteiger partial charge in [0.15, 0.2) is 0 Å². The summed E-state index contributed by atoms with van der Waals surface area (Å²) in [4.78, 5) is 31.6. The van der Waals surface area contributed by atoms with Gasteiger partial charge in [-0.25, -0.2) is 5.11 Å². The first kappa shape index (κ1) is 22.2. The Morgan fingerprint density at radius 2 is 1.90 bits per heavy atom. The smallest absolute Gasteiger partial charge is 0.270 e. The Labute approximate surface area is 180 Å². The molecule has 2 aromatic rings. The van der Waals surface area contributed by atoms with E-state index >= 15 is 0 Å². The number of amidine groups is 1. The topological polar surface area (TPSA) is 141 Å². The fourth-order valence-corrected chi connectivity index (χ4v) is 3.41. The third kappa shape index (κ3) is 5.79. The molecule has 4 N–H and O–H groups in total. The highest BCUT2D eigenvalue weighted by molar-refractivity contribution is 5.98. The van der Waals surface area contributed by atoms with Gasteiger partial charge in [-0.15, -0.1) is 0 Å². The van der Waals surface area contributed by atoms with Crippen molar-refractivity contribution < 1.29 is 19.4 Å². The summed E-state index contributed by atoms with van der Waals surface area (Å²) >= 11 is 0. The lowest BCUT2D eigenvalue weighted by Gasteiger charge is -2.32. The number of aromatic nitrogens is 1. The average molecular weight is 424 g/mol. The fraction of sp³-hybridized carbons (Fsp3) is 0.364. The number of hydrogen-bond acceptors (Lipinski definition) is 5. The van der Waals surface area contributed by atoms with E-state index in [1.165, 1.54) is 18.3 Å². The Kier molecular flexibility index (Phi) is 7.19. The Morgan fingerprint density at radius 1 is 1.23 bits per heavy atom. The molecule has 31 heavy (non-hydrogen) atoms. The van der Waals surface area contributed by atoms with Crippen LogP contribution >= 0.6 is 0 Å². The summed E-state index contributed by atoms with van der Waals surface area (Å²) in [5, 5.41) is 21.8. The molecular weight excluding hydrogens is 398 g/mol. The normalized spacial score (nSPS) is 15.2. The van der Waals surface area contributed by atoms with Gasteiger partial charge in [0.25, 0.3) is 5.91 Å². The molecule has 1 radical (unpaired) electrons. The molecule has 2 amide bonds. The van der Waals surface area contributed by atoms with Crippen molar-refractivity contribution in [1.82, 2.24) is 15.2 Å². The van der Waals surface area contributed by atoms with Crippen molar-refractivity contribution in [3.63, 3.8) is 0 Å². The second-order valence-corrected chi connectivity index (χ2v) is 7.45. The predicted octanol–water partition coefficient (Wildman–Crippen LogP) is 1.14. The van der Waals surface area contributed by atoms with E-state index in [1.54, 1.807) is 24.1 Å². The number of carbonyl (C=O) groups is 2. The highest BCUT2D eigenvalue weighted by Crippen LogP contribution is 2.16. The van der Waals surface area contributed by atoms with Crippen LogP contribution in [0.15, 0.2) is 42.6 Å². The maximum Gasteiger partial charge on any atom is 0.270 e. The van der Waals surface area contributed by atoms with E-state index in [2.05, 4.69) is 10.3 Å². The molecule has 0 unspecified atom stereocenters. The van der Waals surface area contributed by atoms with Gasteiger partial charge in [-0.05, 0) is 42.7 Å². The van der Waals surface area contributed by atoms with E-state index in [9.17, 15) is 14.7 Å². The zero-order valence-electron chi connectivity index (χ0n) is 17.3. The Bertz CT molecular complexity index is 922. The summed E-state index contributed by atoms with van der Waals surface area (Å²) in [6, 6.07) is 9.46. The Morgan fingerprint density at radius 3 is 2.45 bits per heavy atom. The molecule has 1 fully saturated rings. The molecule has 1 atom stereocenters. The van der Waals surface area contributed by atoms with Gasteiger partial charge in [0.05, 0.1) is 13.2 Å². The van der Waals surface area contributed by atoms with Crippen molar-refractivity contribution in [1.29, 1.82) is 5.41 Å². The number of hydrogen-bond donors (Lipinski definition) is 3. The van der Waals surface area contributed by atoms with Crippen molar-refractivity contribution in [2.45, 2.75) is 31.4 Å². The standard InChI is InChI=1S/C22H26N5O4/c1-31-17-5-2-14(3-6-17)12-19(22(30)27-10-8-16(28)9-11-27)26-21(29)18-7-4-15(13-25-18)20(23)24/h2-7,13,16,19H,8-12H2,1H3,(H3,23,24)(H,26,29)/t19-/m0/s1. The number of carbonyl (C=O) groups excluding carboxylic acids is 2. The van der Waals surface area contributed by atoms with Gasteiger partial charge in [-0.2, -0.15) is 0 Å². The number of nitrogens with zero attached hydrogens (tertiary/aromatic N) is 2. The van der Waals surface area contributed by atoms with Crippen molar-refractivity contribution in [3.8, 4) is 5.75 Å². The molecule has 0 spiro atoms. The molecule has 163 valence electrons. The van der Waals surface area contributed by atoms with E-state index in [0.717, 1.165) is 5.56 Å². The number of nitrogen functional groups attached to an aromatic ring is 1. The molecule has 9 nitrogen and oxygen atoms in total. The first-order chi connectivity index (χ1) is 14.9. The van der Waals surface area contributed by atoms with E-state index in [0.29, 0.717) is 37.2 Å². The van der Waals surface area contributed by atoms with Gasteiger partial charge in [-0.3, -0.25) is 20.0 Å². The summed E-state index contributed by atoms with van der Waals surface area (Å²) in [6.07, 6.45) is 1.79. The number of methoxy groups -OCH3 is 1. The van der Waals surface area contributed by atoms with Crippen LogP contribution in [0.5, 0.6) is 5.75 Å². The van der Waals surface area contributed by atoms with Crippen LogP contribution in [0.25, 0.3) is 0 Å². The number of amides is 2. The molecule has 3 rings (SSSR count). The molecular formula is C22H26N5O4. The molecule has 0 saturated carbocycles. The quantitative estimate of drug-likeness (QED) is 0.451. The third-order valence-corrected chi connectivity index (χ3v) is 5.26. The summed E-state index contributed by atoms with van der Waals surface area (Å²) in [7, 11) is 1.57. The lowest BCUT2D eigenvalue weighted by Crippen LogP contribution is -2.52. The third-order valence-electron chi connectivity index (χ3n) is 5.26. The number of ether oxygens (including phenoxy) is 1. The fourth-order valence-electron chi connectivity index (χ4n) is 3.41. The van der Waals surface area contributed by atoms with E-state index < -0.39 is 18.1 Å². The molecule has 1 aliphatic heterocycles. The van der Waals surface area contributed by atoms with Crippen molar-refractivity contribution in [2.75, 3.05) is 20.2 Å². The Balaban J connectivity index is 1.77. The molecule has 1 saturated heterocycles. The van der Waals surface area contributed by atoms with Crippen LogP contribution in [0.1, 0.15) is 34.5 Å². The van der Waals surface area contributed by atoms with E-state index in [-0.39, 0.29) is 23.9 Å². The molecule has 9 heteroatoms. The maximum absolute atomic E-state index is 13.2. The number of pyridine rings is 1. The van der Waals surface area contributed by atoms with Crippen LogP contribution in [0.4, 0.5) is 0 Å². The van der Waals surface area contributed by atoms with Gasteiger partial charge >= 0.3 is 0 Å². The second kappa shape index (κ2) is 10.0. The second-order valence-electron chi connectivity index (χ2n) is 7.45. The zero-order chi connectivity index (χ0) is 22.4. The summed E-state index contributed by atoms with van der Waals surface area (Å²) in [5.74, 6) is -0.172. The van der Waals surface area contributed by atoms with Crippen LogP contribution in [0, 0.1) is 5.41 Å². The monoisotopic (exact) mass is 424 g/mol. The largest absolute Gasteiger partial charge is 0.497 e. The predicted molar refractivity (Wildman–Crippen MR) is 113 cm³/mol. The van der Waals surface area contributed by atoms with Crippen LogP contribution < -0.4 is 15.8 Å². The molecule has 0 bridgehead atoms. The number of benzene rings is 1. The van der Waals surface area contributed by atoms with Crippen LogP contribution in [-0.4, -0.2) is 59.9 Å². The molecule has 1 aromatic heterocycles. The number of piperidine rings is 1. The van der Waals surface area contributed by atoms with Crippen LogP contribution in [0.3, 0.4) is 0 Å². The van der Waals surface area contributed by atoms with Crippen LogP contribution in [-0.2, 0) is 16.3 Å². The van der Waals surface area contributed by atoms with Gasteiger partial charge in [0.1, 0.15) is 23.3 Å². The van der Waals surface area contributed by atoms with Crippen LogP contribution in [0.2, 0.25) is 0 Å². The summed E-state index contributed by atoms with van der Waals surface area (Å²) < 4.78 is 5.17. The highest BCUT2D eigenvalue weighted by Gasteiger charge is 2.30. The van der Waals surface area contributed by atoms with Gasteiger partial charge in [-0.1, -0.05) is 12.1 Å². The zero-order valence-corrected chi connectivity index (χ0v) is 17.3. The maximum atomic E-state index is 13.2. The number of likely N-dealkylation sites (tertiary alicyclic amines) is 1. The lowest BCUT2D eigenvalue weighted by molar-refractivity contribution is -0.135. The first-order valence-electron chi connectivity index (χ1n) is 10.1. The highest BCUT2D eigenvalue weighted by atomic mass is 16.5. The molecule has 0 aliphatic carbocycles. The lowest BCUT2D eigenvalue weighted by atomic mass is 10.0. The number of rotatable bonds is 7. The minimum atomic E-state index is -0.807.